The number of nitrogens with zero attached hydrogens (tertiary/aromatic N) is 2. The minimum absolute atomic E-state index is 0.0141. The summed E-state index contributed by atoms with van der Waals surface area (Å²) >= 11 is 0. The molecule has 1 fully saturated rings. The Morgan fingerprint density at radius 1 is 0.967 bits per heavy atom. The summed E-state index contributed by atoms with van der Waals surface area (Å²) < 4.78 is 17.0. The molecule has 3 aliphatic heterocycles. The summed E-state index contributed by atoms with van der Waals surface area (Å²) in [6.07, 6.45) is 2.67. The van der Waals surface area contributed by atoms with Crippen LogP contribution in [0.2, 0.25) is 0 Å². The Bertz CT molecular complexity index is 976. The van der Waals surface area contributed by atoms with Gasteiger partial charge in [-0.15, -0.1) is 0 Å². The monoisotopic (exact) mass is 408 g/mol. The maximum atomic E-state index is 13.2. The number of hydrogen-bond acceptors (Lipinski definition) is 5. The first-order valence-electron chi connectivity index (χ1n) is 10.4. The zero-order valence-corrected chi connectivity index (χ0v) is 16.7. The molecule has 3 heterocycles. The fourth-order valence-electron chi connectivity index (χ4n) is 4.35. The van der Waals surface area contributed by atoms with Crippen molar-refractivity contribution in [2.75, 3.05) is 37.8 Å². The fraction of sp³-hybridized carbons (Fsp3) is 0.391. The van der Waals surface area contributed by atoms with Crippen LogP contribution >= 0.6 is 0 Å². The third-order valence-electron chi connectivity index (χ3n) is 5.83. The highest BCUT2D eigenvalue weighted by atomic mass is 16.5. The van der Waals surface area contributed by atoms with Crippen LogP contribution in [0.15, 0.2) is 42.5 Å². The molecule has 0 aromatic heterocycles. The number of carbonyl (C=O) groups excluding carboxylic acids is 2. The second kappa shape index (κ2) is 7.89. The Morgan fingerprint density at radius 3 is 2.70 bits per heavy atom. The average Bonchev–Trinajstić information content (AvgIpc) is 3.14. The van der Waals surface area contributed by atoms with Gasteiger partial charge in [0, 0.05) is 13.0 Å². The Labute approximate surface area is 175 Å². The van der Waals surface area contributed by atoms with E-state index in [4.69, 9.17) is 14.2 Å². The van der Waals surface area contributed by atoms with E-state index in [-0.39, 0.29) is 31.0 Å². The number of likely N-dealkylation sites (tertiary alicyclic amines) is 1. The topological polar surface area (TPSA) is 68.3 Å². The van der Waals surface area contributed by atoms with Gasteiger partial charge in [-0.1, -0.05) is 18.2 Å². The molecule has 0 unspecified atom stereocenters. The molecule has 156 valence electrons. The van der Waals surface area contributed by atoms with Crippen LogP contribution in [0.1, 0.15) is 30.9 Å². The molecule has 2 aromatic carbocycles. The number of ether oxygens (including phenoxy) is 3. The standard InChI is InChI=1S/C23H24N2O5/c26-22(14-25-18-5-1-2-7-19(18)30-15-23(25)27)24-10-3-6-17(24)16-8-9-20-21(13-16)29-12-4-11-28-20/h1-2,5,7-9,13,17H,3-4,6,10-12,14-15H2/t17-/m1/s1. The maximum absolute atomic E-state index is 13.2. The van der Waals surface area contributed by atoms with E-state index >= 15 is 0 Å². The minimum atomic E-state index is -0.201. The third kappa shape index (κ3) is 3.44. The van der Waals surface area contributed by atoms with Gasteiger partial charge in [-0.3, -0.25) is 14.5 Å². The van der Waals surface area contributed by atoms with Crippen LogP contribution in [0.3, 0.4) is 0 Å². The van der Waals surface area contributed by atoms with Crippen LogP contribution in [0.25, 0.3) is 0 Å². The maximum Gasteiger partial charge on any atom is 0.265 e. The van der Waals surface area contributed by atoms with Crippen molar-refractivity contribution in [2.24, 2.45) is 0 Å². The fourth-order valence-corrected chi connectivity index (χ4v) is 4.35. The number of anilines is 1. The van der Waals surface area contributed by atoms with Crippen LogP contribution in [-0.2, 0) is 9.59 Å². The number of fused-ring (bicyclic) bond motifs is 2. The summed E-state index contributed by atoms with van der Waals surface area (Å²) in [6.45, 7) is 1.92. The lowest BCUT2D eigenvalue weighted by atomic mass is 10.0. The van der Waals surface area contributed by atoms with Crippen molar-refractivity contribution in [3.63, 3.8) is 0 Å². The number of benzene rings is 2. The highest BCUT2D eigenvalue weighted by Gasteiger charge is 2.34. The van der Waals surface area contributed by atoms with E-state index in [0.717, 1.165) is 36.3 Å². The van der Waals surface area contributed by atoms with E-state index in [9.17, 15) is 9.59 Å². The van der Waals surface area contributed by atoms with Gasteiger partial charge < -0.3 is 19.1 Å². The van der Waals surface area contributed by atoms with E-state index in [1.54, 1.807) is 0 Å². The van der Waals surface area contributed by atoms with Crippen molar-refractivity contribution in [1.29, 1.82) is 0 Å². The number of para-hydroxylation sites is 2. The quantitative estimate of drug-likeness (QED) is 0.781. The molecule has 2 aromatic rings. The number of hydrogen-bond donors (Lipinski definition) is 0. The van der Waals surface area contributed by atoms with Gasteiger partial charge in [0.05, 0.1) is 24.9 Å². The molecule has 0 spiro atoms. The average molecular weight is 408 g/mol. The van der Waals surface area contributed by atoms with E-state index in [1.165, 1.54) is 4.90 Å². The number of amides is 2. The van der Waals surface area contributed by atoms with E-state index in [0.29, 0.717) is 31.2 Å². The molecule has 0 N–H and O–H groups in total. The normalized spacial score (nSPS) is 20.4. The van der Waals surface area contributed by atoms with Crippen LogP contribution < -0.4 is 19.1 Å². The molecular formula is C23H24N2O5. The van der Waals surface area contributed by atoms with Crippen molar-refractivity contribution < 1.29 is 23.8 Å². The summed E-state index contributed by atoms with van der Waals surface area (Å²) in [6, 6.07) is 13.2. The lowest BCUT2D eigenvalue weighted by molar-refractivity contribution is -0.132. The predicted octanol–water partition coefficient (Wildman–Crippen LogP) is 2.94. The van der Waals surface area contributed by atoms with E-state index in [1.807, 2.05) is 47.4 Å². The first-order chi connectivity index (χ1) is 14.7. The van der Waals surface area contributed by atoms with Crippen molar-refractivity contribution in [1.82, 2.24) is 4.90 Å². The second-order valence-electron chi connectivity index (χ2n) is 7.74. The Hall–Kier alpha value is -3.22. The summed E-state index contributed by atoms with van der Waals surface area (Å²) in [7, 11) is 0. The number of rotatable bonds is 3. The summed E-state index contributed by atoms with van der Waals surface area (Å²) in [5.74, 6) is 1.86. The van der Waals surface area contributed by atoms with Crippen molar-refractivity contribution in [2.45, 2.75) is 25.3 Å². The smallest absolute Gasteiger partial charge is 0.265 e. The Balaban J connectivity index is 1.36. The molecular weight excluding hydrogens is 384 g/mol. The third-order valence-corrected chi connectivity index (χ3v) is 5.83. The molecule has 1 saturated heterocycles. The largest absolute Gasteiger partial charge is 0.490 e. The SMILES string of the molecule is O=C1COc2ccccc2N1CC(=O)N1CCC[C@@H]1c1ccc2c(c1)OCCCO2. The van der Waals surface area contributed by atoms with Crippen LogP contribution in [0.5, 0.6) is 17.2 Å². The molecule has 2 amide bonds. The molecule has 1 atom stereocenters. The molecule has 0 aliphatic carbocycles. The zero-order chi connectivity index (χ0) is 20.5. The van der Waals surface area contributed by atoms with Crippen LogP contribution in [0, 0.1) is 0 Å². The highest BCUT2D eigenvalue weighted by Crippen LogP contribution is 2.38. The molecule has 0 saturated carbocycles. The first-order valence-corrected chi connectivity index (χ1v) is 10.4. The van der Waals surface area contributed by atoms with Gasteiger partial charge in [0.2, 0.25) is 5.91 Å². The van der Waals surface area contributed by atoms with Crippen molar-refractivity contribution in [3.8, 4) is 17.2 Å². The van der Waals surface area contributed by atoms with Gasteiger partial charge in [-0.25, -0.2) is 0 Å². The number of carbonyl (C=O) groups is 2. The van der Waals surface area contributed by atoms with Crippen molar-refractivity contribution in [3.05, 3.63) is 48.0 Å². The van der Waals surface area contributed by atoms with Gasteiger partial charge >= 0.3 is 0 Å². The van der Waals surface area contributed by atoms with Crippen molar-refractivity contribution >= 4 is 17.5 Å². The van der Waals surface area contributed by atoms with Gasteiger partial charge in [-0.05, 0) is 42.7 Å². The molecule has 3 aliphatic rings. The lowest BCUT2D eigenvalue weighted by Gasteiger charge is -2.32. The van der Waals surface area contributed by atoms with Crippen LogP contribution in [-0.4, -0.2) is 49.6 Å². The molecule has 0 bridgehead atoms. The molecule has 5 rings (SSSR count). The van der Waals surface area contributed by atoms with E-state index < -0.39 is 0 Å². The first kappa shape index (κ1) is 18.8. The Kier molecular flexibility index (Phi) is 4.94. The lowest BCUT2D eigenvalue weighted by Crippen LogP contribution is -2.46. The highest BCUT2D eigenvalue weighted by molar-refractivity contribution is 6.02. The second-order valence-corrected chi connectivity index (χ2v) is 7.74. The summed E-state index contributed by atoms with van der Waals surface area (Å²) in [5.41, 5.74) is 1.69. The van der Waals surface area contributed by atoms with Gasteiger partial charge in [0.1, 0.15) is 12.3 Å². The molecule has 7 nitrogen and oxygen atoms in total. The Morgan fingerprint density at radius 2 is 1.80 bits per heavy atom. The summed E-state index contributed by atoms with van der Waals surface area (Å²) in [5, 5.41) is 0. The predicted molar refractivity (Wildman–Crippen MR) is 110 cm³/mol. The van der Waals surface area contributed by atoms with Gasteiger partial charge in [0.25, 0.3) is 5.91 Å². The van der Waals surface area contributed by atoms with E-state index in [2.05, 4.69) is 0 Å². The molecule has 0 radical (unpaired) electrons. The van der Waals surface area contributed by atoms with Gasteiger partial charge in [0.15, 0.2) is 18.1 Å². The zero-order valence-electron chi connectivity index (χ0n) is 16.7. The van der Waals surface area contributed by atoms with Gasteiger partial charge in [-0.2, -0.15) is 0 Å². The minimum Gasteiger partial charge on any atom is -0.490 e. The van der Waals surface area contributed by atoms with Crippen LogP contribution in [0.4, 0.5) is 5.69 Å². The summed E-state index contributed by atoms with van der Waals surface area (Å²) in [4.78, 5) is 29.1. The molecule has 7 heteroatoms. The molecule has 30 heavy (non-hydrogen) atoms.